The normalized spacial score (nSPS) is 12.9. The van der Waals surface area contributed by atoms with Gasteiger partial charge >= 0.3 is 0 Å². The van der Waals surface area contributed by atoms with E-state index >= 15 is 0 Å². The van der Waals surface area contributed by atoms with Crippen LogP contribution in [0.3, 0.4) is 0 Å². The average molecular weight is 463 g/mol. The monoisotopic (exact) mass is 462 g/mol. The minimum absolute atomic E-state index is 0.446. The molecule has 5 heteroatoms. The molecule has 0 aliphatic heterocycles. The Morgan fingerprint density at radius 3 is 2.67 bits per heavy atom. The van der Waals surface area contributed by atoms with E-state index in [0.717, 1.165) is 32.1 Å². The van der Waals surface area contributed by atoms with Crippen molar-refractivity contribution < 1.29 is 5.11 Å². The van der Waals surface area contributed by atoms with Crippen LogP contribution in [0.4, 0.5) is 0 Å². The van der Waals surface area contributed by atoms with Crippen LogP contribution in [-0.2, 0) is 6.42 Å². The number of aliphatic hydroxyl groups excluding tert-OH is 1. The van der Waals surface area contributed by atoms with Gasteiger partial charge in [0.05, 0.1) is 17.8 Å². The van der Waals surface area contributed by atoms with Crippen molar-refractivity contribution in [2.75, 3.05) is 0 Å². The maximum absolute atomic E-state index is 10.5. The molecule has 1 aromatic carbocycles. The van der Waals surface area contributed by atoms with Crippen molar-refractivity contribution in [3.05, 3.63) is 49.8 Å². The standard InChI is InChI=1S/C16H20BrIN2O/c1-3-13(4-2)20-8-7-12(19-20)10-16(21)14-9-11(17)5-6-15(14)18/h5-9,13,16,21H,3-4,10H2,1-2H3. The summed E-state index contributed by atoms with van der Waals surface area (Å²) < 4.78 is 4.08. The second-order valence-corrected chi connectivity index (χ2v) is 7.22. The van der Waals surface area contributed by atoms with Gasteiger partial charge in [0.25, 0.3) is 0 Å². The van der Waals surface area contributed by atoms with E-state index in [1.165, 1.54) is 0 Å². The van der Waals surface area contributed by atoms with Gasteiger partial charge in [0.1, 0.15) is 0 Å². The van der Waals surface area contributed by atoms with Gasteiger partial charge in [0.15, 0.2) is 0 Å². The number of hydrogen-bond acceptors (Lipinski definition) is 2. The summed E-state index contributed by atoms with van der Waals surface area (Å²) in [6.45, 7) is 4.35. The molecule has 3 nitrogen and oxygen atoms in total. The van der Waals surface area contributed by atoms with Crippen molar-refractivity contribution in [1.82, 2.24) is 9.78 Å². The Morgan fingerprint density at radius 2 is 2.00 bits per heavy atom. The maximum Gasteiger partial charge on any atom is 0.0856 e. The highest BCUT2D eigenvalue weighted by atomic mass is 127. The third-order valence-electron chi connectivity index (χ3n) is 3.70. The molecule has 114 valence electrons. The van der Waals surface area contributed by atoms with E-state index in [0.29, 0.717) is 12.5 Å². The Balaban J connectivity index is 2.12. The molecule has 0 saturated carbocycles. The van der Waals surface area contributed by atoms with E-state index in [4.69, 9.17) is 0 Å². The van der Waals surface area contributed by atoms with Crippen LogP contribution < -0.4 is 0 Å². The minimum Gasteiger partial charge on any atom is -0.388 e. The highest BCUT2D eigenvalue weighted by Gasteiger charge is 2.15. The summed E-state index contributed by atoms with van der Waals surface area (Å²) in [4.78, 5) is 0. The first kappa shape index (κ1) is 17.0. The Labute approximate surface area is 148 Å². The van der Waals surface area contributed by atoms with Crippen LogP contribution in [-0.4, -0.2) is 14.9 Å². The molecule has 1 atom stereocenters. The largest absolute Gasteiger partial charge is 0.388 e. The molecule has 0 aliphatic rings. The third kappa shape index (κ3) is 4.29. The van der Waals surface area contributed by atoms with E-state index in [1.807, 2.05) is 35.1 Å². The first-order valence-electron chi connectivity index (χ1n) is 7.22. The minimum atomic E-state index is -0.528. The van der Waals surface area contributed by atoms with Gasteiger partial charge in [0, 0.05) is 20.7 Å². The number of aromatic nitrogens is 2. The van der Waals surface area contributed by atoms with Gasteiger partial charge in [-0.15, -0.1) is 0 Å². The number of rotatable bonds is 6. The van der Waals surface area contributed by atoms with Gasteiger partial charge in [-0.2, -0.15) is 5.10 Å². The molecule has 1 N–H and O–H groups in total. The molecule has 2 rings (SSSR count). The first-order valence-corrected chi connectivity index (χ1v) is 9.09. The summed E-state index contributed by atoms with van der Waals surface area (Å²) in [6, 6.07) is 8.42. The lowest BCUT2D eigenvalue weighted by molar-refractivity contribution is 0.176. The summed E-state index contributed by atoms with van der Waals surface area (Å²) in [6.07, 6.45) is 4.18. The van der Waals surface area contributed by atoms with Crippen molar-refractivity contribution in [3.8, 4) is 0 Å². The molecule has 0 saturated heterocycles. The average Bonchev–Trinajstić information content (AvgIpc) is 2.91. The lowest BCUT2D eigenvalue weighted by Gasteiger charge is -2.14. The second kappa shape index (κ2) is 7.74. The van der Waals surface area contributed by atoms with Crippen molar-refractivity contribution in [2.24, 2.45) is 0 Å². The van der Waals surface area contributed by atoms with E-state index in [1.54, 1.807) is 0 Å². The smallest absolute Gasteiger partial charge is 0.0856 e. The van der Waals surface area contributed by atoms with Gasteiger partial charge in [-0.3, -0.25) is 4.68 Å². The van der Waals surface area contributed by atoms with E-state index < -0.39 is 6.10 Å². The van der Waals surface area contributed by atoms with Crippen LogP contribution in [0, 0.1) is 3.57 Å². The fraction of sp³-hybridized carbons (Fsp3) is 0.438. The molecule has 21 heavy (non-hydrogen) atoms. The van der Waals surface area contributed by atoms with Crippen LogP contribution in [0.1, 0.15) is 50.1 Å². The van der Waals surface area contributed by atoms with Crippen LogP contribution in [0.2, 0.25) is 0 Å². The molecule has 1 unspecified atom stereocenters. The van der Waals surface area contributed by atoms with Crippen LogP contribution in [0.15, 0.2) is 34.9 Å². The number of halogens is 2. The topological polar surface area (TPSA) is 38.0 Å². The molecular formula is C16H20BrIN2O. The van der Waals surface area contributed by atoms with Gasteiger partial charge in [-0.25, -0.2) is 0 Å². The predicted molar refractivity (Wildman–Crippen MR) is 97.4 cm³/mol. The van der Waals surface area contributed by atoms with Gasteiger partial charge in [-0.1, -0.05) is 29.8 Å². The van der Waals surface area contributed by atoms with Gasteiger partial charge < -0.3 is 5.11 Å². The zero-order valence-electron chi connectivity index (χ0n) is 12.3. The van der Waals surface area contributed by atoms with Gasteiger partial charge in [-0.05, 0) is 65.3 Å². The molecule has 0 bridgehead atoms. The van der Waals surface area contributed by atoms with Crippen LogP contribution in [0.5, 0.6) is 0 Å². The van der Waals surface area contributed by atoms with Crippen molar-refractivity contribution in [1.29, 1.82) is 0 Å². The molecule has 0 radical (unpaired) electrons. The summed E-state index contributed by atoms with van der Waals surface area (Å²) in [5.74, 6) is 0. The molecule has 2 aromatic rings. The number of aliphatic hydroxyl groups is 1. The number of nitrogens with zero attached hydrogens (tertiary/aromatic N) is 2. The zero-order valence-corrected chi connectivity index (χ0v) is 16.0. The summed E-state index contributed by atoms with van der Waals surface area (Å²) in [5, 5.41) is 15.1. The zero-order chi connectivity index (χ0) is 15.4. The lowest BCUT2D eigenvalue weighted by Crippen LogP contribution is -2.09. The number of hydrogen-bond donors (Lipinski definition) is 1. The Bertz CT molecular complexity index is 596. The molecule has 1 heterocycles. The molecule has 1 aromatic heterocycles. The Hall–Kier alpha value is -0.400. The fourth-order valence-electron chi connectivity index (χ4n) is 2.43. The Kier molecular flexibility index (Phi) is 6.25. The van der Waals surface area contributed by atoms with Crippen LogP contribution in [0.25, 0.3) is 0 Å². The summed E-state index contributed by atoms with van der Waals surface area (Å²) in [7, 11) is 0. The summed E-state index contributed by atoms with van der Waals surface area (Å²) in [5.41, 5.74) is 1.88. The van der Waals surface area contributed by atoms with Crippen molar-refractivity contribution in [3.63, 3.8) is 0 Å². The van der Waals surface area contributed by atoms with E-state index in [2.05, 4.69) is 57.5 Å². The van der Waals surface area contributed by atoms with Crippen molar-refractivity contribution >= 4 is 38.5 Å². The quantitative estimate of drug-likeness (QED) is 0.620. The highest BCUT2D eigenvalue weighted by Crippen LogP contribution is 2.26. The van der Waals surface area contributed by atoms with E-state index in [-0.39, 0.29) is 0 Å². The highest BCUT2D eigenvalue weighted by molar-refractivity contribution is 14.1. The maximum atomic E-state index is 10.5. The molecule has 0 amide bonds. The lowest BCUT2D eigenvalue weighted by atomic mass is 10.1. The van der Waals surface area contributed by atoms with Crippen LogP contribution >= 0.6 is 38.5 Å². The second-order valence-electron chi connectivity index (χ2n) is 5.14. The third-order valence-corrected chi connectivity index (χ3v) is 5.18. The molecule has 0 aliphatic carbocycles. The fourth-order valence-corrected chi connectivity index (χ4v) is 3.50. The Morgan fingerprint density at radius 1 is 1.29 bits per heavy atom. The van der Waals surface area contributed by atoms with Crippen molar-refractivity contribution in [2.45, 2.75) is 45.3 Å². The molecule has 0 fully saturated rings. The molecule has 0 spiro atoms. The summed E-state index contributed by atoms with van der Waals surface area (Å²) >= 11 is 5.71. The first-order chi connectivity index (χ1) is 10.0. The SMILES string of the molecule is CCC(CC)n1ccc(CC(O)c2cc(Br)ccc2I)n1. The number of benzene rings is 1. The van der Waals surface area contributed by atoms with E-state index in [9.17, 15) is 5.11 Å². The molecular weight excluding hydrogens is 443 g/mol. The predicted octanol–water partition coefficient (Wildman–Crippen LogP) is 4.89. The van der Waals surface area contributed by atoms with Gasteiger partial charge in [0.2, 0.25) is 0 Å².